The van der Waals surface area contributed by atoms with E-state index in [9.17, 15) is 22.0 Å². The number of hydrogen-bond acceptors (Lipinski definition) is 4. The first-order valence-corrected chi connectivity index (χ1v) is 8.63. The zero-order chi connectivity index (χ0) is 18.6. The van der Waals surface area contributed by atoms with Crippen molar-refractivity contribution in [3.05, 3.63) is 59.2 Å². The minimum absolute atomic E-state index is 0.442. The Bertz CT molecular complexity index is 901. The second-order valence-corrected chi connectivity index (χ2v) is 6.91. The Kier molecular flexibility index (Phi) is 5.70. The number of benzene rings is 2. The lowest BCUT2D eigenvalue weighted by molar-refractivity contribution is -0.123. The van der Waals surface area contributed by atoms with Gasteiger partial charge in [0.2, 0.25) is 0 Å². The number of carbonyl (C=O) groups is 1. The highest BCUT2D eigenvalue weighted by Crippen LogP contribution is 2.16. The van der Waals surface area contributed by atoms with Crippen molar-refractivity contribution in [2.75, 3.05) is 6.61 Å². The molecule has 0 spiro atoms. The third-order valence-electron chi connectivity index (χ3n) is 3.36. The molecule has 0 fully saturated rings. The van der Waals surface area contributed by atoms with Crippen LogP contribution in [0, 0.1) is 25.5 Å². The van der Waals surface area contributed by atoms with Crippen LogP contribution in [-0.2, 0) is 14.8 Å². The predicted molar refractivity (Wildman–Crippen MR) is 86.2 cm³/mol. The molecule has 134 valence electrons. The van der Waals surface area contributed by atoms with Crippen molar-refractivity contribution in [3.8, 4) is 5.75 Å². The van der Waals surface area contributed by atoms with E-state index in [1.165, 1.54) is 0 Å². The maximum atomic E-state index is 13.5. The third-order valence-corrected chi connectivity index (χ3v) is 4.62. The van der Waals surface area contributed by atoms with Crippen LogP contribution >= 0.6 is 0 Å². The standard InChI is InChI=1S/C16H16F2N2O4S/c1-10-3-5-13(7-11(10)2)24-9-16(21)19-20-25(22,23)15-8-12(17)4-6-14(15)18/h3-8,20H,9H2,1-2H3,(H,19,21). The number of hydrazine groups is 1. The van der Waals surface area contributed by atoms with Gasteiger partial charge in [0.25, 0.3) is 15.9 Å². The quantitative estimate of drug-likeness (QED) is 0.762. The number of nitrogens with one attached hydrogen (secondary N) is 2. The summed E-state index contributed by atoms with van der Waals surface area (Å²) in [4.78, 5) is 12.4. The summed E-state index contributed by atoms with van der Waals surface area (Å²) >= 11 is 0. The first-order chi connectivity index (χ1) is 11.7. The lowest BCUT2D eigenvalue weighted by atomic mass is 10.1. The molecule has 2 aromatic carbocycles. The van der Waals surface area contributed by atoms with E-state index in [0.29, 0.717) is 17.9 Å². The van der Waals surface area contributed by atoms with Crippen molar-refractivity contribution in [2.24, 2.45) is 0 Å². The van der Waals surface area contributed by atoms with Gasteiger partial charge >= 0.3 is 0 Å². The molecule has 0 aliphatic heterocycles. The van der Waals surface area contributed by atoms with Gasteiger partial charge in [-0.2, -0.15) is 0 Å². The van der Waals surface area contributed by atoms with E-state index in [0.717, 1.165) is 17.2 Å². The molecular formula is C16H16F2N2O4S. The van der Waals surface area contributed by atoms with E-state index in [1.54, 1.807) is 17.0 Å². The molecule has 2 aromatic rings. The molecule has 25 heavy (non-hydrogen) atoms. The Morgan fingerprint density at radius 3 is 2.48 bits per heavy atom. The molecule has 0 bridgehead atoms. The summed E-state index contributed by atoms with van der Waals surface area (Å²) < 4.78 is 55.6. The van der Waals surface area contributed by atoms with Crippen LogP contribution in [0.15, 0.2) is 41.3 Å². The van der Waals surface area contributed by atoms with Crippen LogP contribution in [0.3, 0.4) is 0 Å². The van der Waals surface area contributed by atoms with Gasteiger partial charge in [0, 0.05) is 0 Å². The number of sulfonamides is 1. The molecule has 0 aromatic heterocycles. The molecule has 0 saturated heterocycles. The summed E-state index contributed by atoms with van der Waals surface area (Å²) in [7, 11) is -4.46. The Morgan fingerprint density at radius 1 is 1.08 bits per heavy atom. The van der Waals surface area contributed by atoms with Crippen LogP contribution in [0.25, 0.3) is 0 Å². The zero-order valence-corrected chi connectivity index (χ0v) is 14.3. The van der Waals surface area contributed by atoms with Crippen molar-refractivity contribution < 1.29 is 26.7 Å². The lowest BCUT2D eigenvalue weighted by Gasteiger charge is -2.11. The van der Waals surface area contributed by atoms with E-state index >= 15 is 0 Å². The number of hydrogen-bond donors (Lipinski definition) is 2. The van der Waals surface area contributed by atoms with Crippen LogP contribution in [0.1, 0.15) is 11.1 Å². The fourth-order valence-electron chi connectivity index (χ4n) is 1.85. The Labute approximate surface area is 143 Å². The van der Waals surface area contributed by atoms with Gasteiger partial charge < -0.3 is 4.74 Å². The molecule has 6 nitrogen and oxygen atoms in total. The van der Waals surface area contributed by atoms with Crippen LogP contribution in [0.5, 0.6) is 5.75 Å². The van der Waals surface area contributed by atoms with Crippen LogP contribution < -0.4 is 15.0 Å². The molecule has 2 rings (SSSR count). The molecule has 0 unspecified atom stereocenters. The maximum Gasteiger partial charge on any atom is 0.272 e. The summed E-state index contributed by atoms with van der Waals surface area (Å²) in [5.41, 5.74) is 3.90. The fraction of sp³-hybridized carbons (Fsp3) is 0.188. The topological polar surface area (TPSA) is 84.5 Å². The van der Waals surface area contributed by atoms with E-state index in [-0.39, 0.29) is 0 Å². The second kappa shape index (κ2) is 7.58. The van der Waals surface area contributed by atoms with Gasteiger partial charge in [-0.1, -0.05) is 6.07 Å². The molecule has 0 radical (unpaired) electrons. The van der Waals surface area contributed by atoms with Crippen LogP contribution in [-0.4, -0.2) is 20.9 Å². The molecular weight excluding hydrogens is 354 g/mol. The van der Waals surface area contributed by atoms with Gasteiger partial charge in [-0.25, -0.2) is 17.2 Å². The Hall–Kier alpha value is -2.52. The van der Waals surface area contributed by atoms with Gasteiger partial charge in [0.1, 0.15) is 22.3 Å². The van der Waals surface area contributed by atoms with Crippen molar-refractivity contribution in [3.63, 3.8) is 0 Å². The zero-order valence-electron chi connectivity index (χ0n) is 13.5. The van der Waals surface area contributed by atoms with Crippen LogP contribution in [0.2, 0.25) is 0 Å². The number of rotatable bonds is 6. The van der Waals surface area contributed by atoms with Gasteiger partial charge in [0.15, 0.2) is 6.61 Å². The van der Waals surface area contributed by atoms with E-state index in [1.807, 2.05) is 25.3 Å². The van der Waals surface area contributed by atoms with Gasteiger partial charge in [-0.3, -0.25) is 10.2 Å². The number of aryl methyl sites for hydroxylation is 2. The number of carbonyl (C=O) groups excluding carboxylic acids is 1. The average Bonchev–Trinajstić information content (AvgIpc) is 2.56. The lowest BCUT2D eigenvalue weighted by Crippen LogP contribution is -2.44. The molecule has 0 heterocycles. The molecule has 2 N–H and O–H groups in total. The van der Waals surface area contributed by atoms with Crippen molar-refractivity contribution in [1.29, 1.82) is 0 Å². The van der Waals surface area contributed by atoms with Crippen molar-refractivity contribution in [2.45, 2.75) is 18.7 Å². The van der Waals surface area contributed by atoms with Crippen molar-refractivity contribution >= 4 is 15.9 Å². The second-order valence-electron chi connectivity index (χ2n) is 5.26. The predicted octanol–water partition coefficient (Wildman–Crippen LogP) is 1.97. The molecule has 0 aliphatic carbocycles. The Balaban J connectivity index is 1.94. The molecule has 0 aliphatic rings. The largest absolute Gasteiger partial charge is 0.484 e. The summed E-state index contributed by atoms with van der Waals surface area (Å²) in [5, 5.41) is 0. The molecule has 9 heteroatoms. The maximum absolute atomic E-state index is 13.5. The summed E-state index contributed by atoms with van der Waals surface area (Å²) in [6.07, 6.45) is 0. The highest BCUT2D eigenvalue weighted by atomic mass is 32.2. The number of halogens is 2. The first kappa shape index (κ1) is 18.8. The minimum atomic E-state index is -4.46. The summed E-state index contributed by atoms with van der Waals surface area (Å²) in [5.74, 6) is -2.43. The summed E-state index contributed by atoms with van der Waals surface area (Å²) in [6, 6.07) is 7.18. The van der Waals surface area contributed by atoms with E-state index in [4.69, 9.17) is 4.74 Å². The third kappa shape index (κ3) is 4.97. The van der Waals surface area contributed by atoms with E-state index < -0.39 is 39.1 Å². The van der Waals surface area contributed by atoms with Gasteiger partial charge in [-0.05, 0) is 55.3 Å². The first-order valence-electron chi connectivity index (χ1n) is 7.15. The van der Waals surface area contributed by atoms with Crippen molar-refractivity contribution in [1.82, 2.24) is 10.3 Å². The molecule has 0 saturated carbocycles. The van der Waals surface area contributed by atoms with Gasteiger partial charge in [-0.15, -0.1) is 4.83 Å². The summed E-state index contributed by atoms with van der Waals surface area (Å²) in [6.45, 7) is 3.34. The Morgan fingerprint density at radius 2 is 1.80 bits per heavy atom. The fourth-order valence-corrected chi connectivity index (χ4v) is 2.80. The highest BCUT2D eigenvalue weighted by molar-refractivity contribution is 7.89. The molecule has 0 atom stereocenters. The van der Waals surface area contributed by atoms with Gasteiger partial charge in [0.05, 0.1) is 0 Å². The van der Waals surface area contributed by atoms with E-state index in [2.05, 4.69) is 0 Å². The van der Waals surface area contributed by atoms with Crippen LogP contribution in [0.4, 0.5) is 8.78 Å². The minimum Gasteiger partial charge on any atom is -0.484 e. The molecule has 1 amide bonds. The average molecular weight is 370 g/mol. The monoisotopic (exact) mass is 370 g/mol. The number of amides is 1. The smallest absolute Gasteiger partial charge is 0.272 e. The number of ether oxygens (including phenoxy) is 1. The SMILES string of the molecule is Cc1ccc(OCC(=O)NNS(=O)(=O)c2cc(F)ccc2F)cc1C. The highest BCUT2D eigenvalue weighted by Gasteiger charge is 2.20. The normalized spacial score (nSPS) is 11.2.